The fourth-order valence-electron chi connectivity index (χ4n) is 1.71. The first-order valence-corrected chi connectivity index (χ1v) is 5.71. The number of benzene rings is 1. The van der Waals surface area contributed by atoms with Gasteiger partial charge in [-0.15, -0.1) is 0 Å². The van der Waals surface area contributed by atoms with Gasteiger partial charge in [-0.3, -0.25) is 4.90 Å². The van der Waals surface area contributed by atoms with E-state index in [1.165, 1.54) is 11.6 Å². The lowest BCUT2D eigenvalue weighted by Crippen LogP contribution is -2.18. The molecule has 1 rings (SSSR count). The maximum atomic E-state index is 10.6. The van der Waals surface area contributed by atoms with Crippen molar-refractivity contribution < 1.29 is 9.90 Å². The molecular formula is C14H19NO2. The monoisotopic (exact) mass is 233 g/mol. The molecule has 1 aromatic rings. The van der Waals surface area contributed by atoms with Gasteiger partial charge in [-0.05, 0) is 31.6 Å². The fraction of sp³-hybridized carbons (Fsp3) is 0.357. The normalized spacial score (nSPS) is 13.2. The van der Waals surface area contributed by atoms with E-state index in [1.807, 2.05) is 19.0 Å². The summed E-state index contributed by atoms with van der Waals surface area (Å²) < 4.78 is 0. The number of likely N-dealkylation sites (N-methyl/N-ethyl adjacent to an activating group) is 1. The number of hydrogen-bond acceptors (Lipinski definition) is 2. The van der Waals surface area contributed by atoms with Crippen molar-refractivity contribution in [3.8, 4) is 0 Å². The summed E-state index contributed by atoms with van der Waals surface area (Å²) in [6.07, 6.45) is 3.90. The summed E-state index contributed by atoms with van der Waals surface area (Å²) in [4.78, 5) is 12.5. The standard InChI is InChI=1S/C14H19NO2/c1-4-11-5-7-12(8-6-11)13(15(2)3)9-10-14(16)17/h5-10,13H,4H2,1-3H3,(H,16,17)/b10-9+. The average Bonchev–Trinajstić information content (AvgIpc) is 2.29. The van der Waals surface area contributed by atoms with Crippen molar-refractivity contribution >= 4 is 5.97 Å². The summed E-state index contributed by atoms with van der Waals surface area (Å²) in [5, 5.41) is 8.67. The molecular weight excluding hydrogens is 214 g/mol. The van der Waals surface area contributed by atoms with E-state index in [1.54, 1.807) is 6.08 Å². The Morgan fingerprint density at radius 3 is 2.35 bits per heavy atom. The van der Waals surface area contributed by atoms with Crippen LogP contribution < -0.4 is 0 Å². The van der Waals surface area contributed by atoms with Crippen molar-refractivity contribution in [3.05, 3.63) is 47.5 Å². The first-order valence-electron chi connectivity index (χ1n) is 5.71. The maximum Gasteiger partial charge on any atom is 0.328 e. The lowest BCUT2D eigenvalue weighted by atomic mass is 10.0. The number of aliphatic carboxylic acids is 1. The van der Waals surface area contributed by atoms with Crippen LogP contribution in [0.3, 0.4) is 0 Å². The van der Waals surface area contributed by atoms with Crippen LogP contribution in [0, 0.1) is 0 Å². The van der Waals surface area contributed by atoms with Gasteiger partial charge in [-0.1, -0.05) is 37.3 Å². The van der Waals surface area contributed by atoms with Gasteiger partial charge in [0.1, 0.15) is 0 Å². The molecule has 0 bridgehead atoms. The maximum absolute atomic E-state index is 10.6. The number of nitrogens with zero attached hydrogens (tertiary/aromatic N) is 1. The van der Waals surface area contributed by atoms with Crippen LogP contribution in [-0.2, 0) is 11.2 Å². The Morgan fingerprint density at radius 1 is 1.35 bits per heavy atom. The highest BCUT2D eigenvalue weighted by molar-refractivity contribution is 5.79. The molecule has 0 spiro atoms. The molecule has 0 aliphatic heterocycles. The van der Waals surface area contributed by atoms with Crippen molar-refractivity contribution in [1.82, 2.24) is 4.90 Å². The molecule has 0 radical (unpaired) electrons. The van der Waals surface area contributed by atoms with Gasteiger partial charge in [0.25, 0.3) is 0 Å². The minimum Gasteiger partial charge on any atom is -0.478 e. The number of aryl methyl sites for hydroxylation is 1. The molecule has 1 atom stereocenters. The highest BCUT2D eigenvalue weighted by Crippen LogP contribution is 2.20. The third-order valence-electron chi connectivity index (χ3n) is 2.71. The predicted octanol–water partition coefficient (Wildman–Crippen LogP) is 2.49. The third-order valence-corrected chi connectivity index (χ3v) is 2.71. The highest BCUT2D eigenvalue weighted by Gasteiger charge is 2.10. The number of carbonyl (C=O) groups is 1. The van der Waals surface area contributed by atoms with Crippen molar-refractivity contribution in [2.75, 3.05) is 14.1 Å². The van der Waals surface area contributed by atoms with E-state index < -0.39 is 5.97 Å². The zero-order chi connectivity index (χ0) is 12.8. The number of carboxylic acid groups (broad SMARTS) is 1. The molecule has 0 amide bonds. The summed E-state index contributed by atoms with van der Waals surface area (Å²) in [5.41, 5.74) is 2.39. The van der Waals surface area contributed by atoms with Crippen LogP contribution in [0.5, 0.6) is 0 Å². The molecule has 0 aliphatic carbocycles. The molecule has 0 fully saturated rings. The zero-order valence-electron chi connectivity index (χ0n) is 10.6. The first-order chi connectivity index (χ1) is 8.04. The quantitative estimate of drug-likeness (QED) is 0.794. The molecule has 1 N–H and O–H groups in total. The highest BCUT2D eigenvalue weighted by atomic mass is 16.4. The summed E-state index contributed by atoms with van der Waals surface area (Å²) in [5.74, 6) is -0.915. The van der Waals surface area contributed by atoms with Gasteiger partial charge in [-0.2, -0.15) is 0 Å². The molecule has 92 valence electrons. The molecule has 0 aromatic heterocycles. The minimum atomic E-state index is -0.915. The van der Waals surface area contributed by atoms with Gasteiger partial charge in [0.05, 0.1) is 6.04 Å². The van der Waals surface area contributed by atoms with Crippen molar-refractivity contribution in [2.24, 2.45) is 0 Å². The Morgan fingerprint density at radius 2 is 1.94 bits per heavy atom. The smallest absolute Gasteiger partial charge is 0.328 e. The fourth-order valence-corrected chi connectivity index (χ4v) is 1.71. The van der Waals surface area contributed by atoms with Gasteiger partial charge in [-0.25, -0.2) is 4.79 Å². The van der Waals surface area contributed by atoms with Crippen molar-refractivity contribution in [2.45, 2.75) is 19.4 Å². The Kier molecular flexibility index (Phi) is 4.91. The Hall–Kier alpha value is -1.61. The molecule has 0 heterocycles. The molecule has 0 saturated heterocycles. The van der Waals surface area contributed by atoms with E-state index in [4.69, 9.17) is 5.11 Å². The van der Waals surface area contributed by atoms with Gasteiger partial charge in [0.2, 0.25) is 0 Å². The summed E-state index contributed by atoms with van der Waals surface area (Å²) in [7, 11) is 3.87. The van der Waals surface area contributed by atoms with Gasteiger partial charge in [0, 0.05) is 6.08 Å². The molecule has 1 aromatic carbocycles. The third kappa shape index (κ3) is 4.04. The Balaban J connectivity index is 2.93. The summed E-state index contributed by atoms with van der Waals surface area (Å²) in [6.45, 7) is 2.11. The molecule has 3 nitrogen and oxygen atoms in total. The number of rotatable bonds is 5. The van der Waals surface area contributed by atoms with Crippen LogP contribution in [0.1, 0.15) is 24.1 Å². The lowest BCUT2D eigenvalue weighted by molar-refractivity contribution is -0.131. The van der Waals surface area contributed by atoms with E-state index >= 15 is 0 Å². The largest absolute Gasteiger partial charge is 0.478 e. The predicted molar refractivity (Wildman–Crippen MR) is 69.0 cm³/mol. The second-order valence-electron chi connectivity index (χ2n) is 4.20. The van der Waals surface area contributed by atoms with E-state index in [2.05, 4.69) is 31.2 Å². The van der Waals surface area contributed by atoms with Crippen LogP contribution in [0.4, 0.5) is 0 Å². The van der Waals surface area contributed by atoms with Crippen LogP contribution in [-0.4, -0.2) is 30.1 Å². The van der Waals surface area contributed by atoms with Gasteiger partial charge in [0.15, 0.2) is 0 Å². The van der Waals surface area contributed by atoms with Crippen LogP contribution in [0.15, 0.2) is 36.4 Å². The second kappa shape index (κ2) is 6.21. The van der Waals surface area contributed by atoms with E-state index in [9.17, 15) is 4.79 Å². The molecule has 0 saturated carbocycles. The van der Waals surface area contributed by atoms with Crippen LogP contribution >= 0.6 is 0 Å². The Labute approximate surface area is 102 Å². The molecule has 0 aliphatic rings. The topological polar surface area (TPSA) is 40.5 Å². The molecule has 3 heteroatoms. The first kappa shape index (κ1) is 13.5. The summed E-state index contributed by atoms with van der Waals surface area (Å²) in [6, 6.07) is 8.27. The average molecular weight is 233 g/mol. The Bertz CT molecular complexity index is 393. The lowest BCUT2D eigenvalue weighted by Gasteiger charge is -2.21. The second-order valence-corrected chi connectivity index (χ2v) is 4.20. The molecule has 17 heavy (non-hydrogen) atoms. The minimum absolute atomic E-state index is 0.00277. The van der Waals surface area contributed by atoms with E-state index in [0.717, 1.165) is 12.0 Å². The van der Waals surface area contributed by atoms with E-state index in [0.29, 0.717) is 0 Å². The zero-order valence-corrected chi connectivity index (χ0v) is 10.6. The number of carboxylic acids is 1. The van der Waals surface area contributed by atoms with Gasteiger partial charge < -0.3 is 5.11 Å². The molecule has 1 unspecified atom stereocenters. The van der Waals surface area contributed by atoms with Crippen molar-refractivity contribution in [1.29, 1.82) is 0 Å². The van der Waals surface area contributed by atoms with Crippen LogP contribution in [0.2, 0.25) is 0 Å². The summed E-state index contributed by atoms with van der Waals surface area (Å²) >= 11 is 0. The SMILES string of the molecule is CCc1ccc(C(/C=C/C(=O)O)N(C)C)cc1. The number of hydrogen-bond donors (Lipinski definition) is 1. The van der Waals surface area contributed by atoms with Crippen LogP contribution in [0.25, 0.3) is 0 Å². The van der Waals surface area contributed by atoms with Crippen molar-refractivity contribution in [3.63, 3.8) is 0 Å². The van der Waals surface area contributed by atoms with E-state index in [-0.39, 0.29) is 6.04 Å². The van der Waals surface area contributed by atoms with Gasteiger partial charge >= 0.3 is 5.97 Å².